The van der Waals surface area contributed by atoms with Crippen molar-refractivity contribution in [1.29, 1.82) is 0 Å². The number of methoxy groups -OCH3 is 1. The molecule has 2 aromatic heterocycles. The third-order valence-electron chi connectivity index (χ3n) is 2.15. The quantitative estimate of drug-likeness (QED) is 0.809. The van der Waals surface area contributed by atoms with E-state index in [4.69, 9.17) is 9.15 Å². The molecule has 0 N–H and O–H groups in total. The molecule has 2 aromatic rings. The van der Waals surface area contributed by atoms with Gasteiger partial charge in [-0.25, -0.2) is 9.97 Å². The Morgan fingerprint density at radius 1 is 1.50 bits per heavy atom. The Kier molecular flexibility index (Phi) is 3.56. The van der Waals surface area contributed by atoms with Crippen LogP contribution in [0.15, 0.2) is 35.2 Å². The van der Waals surface area contributed by atoms with Crippen molar-refractivity contribution < 1.29 is 9.15 Å². The highest BCUT2D eigenvalue weighted by molar-refractivity contribution is 9.09. The zero-order valence-corrected chi connectivity index (χ0v) is 10.3. The van der Waals surface area contributed by atoms with Crippen molar-refractivity contribution in [2.75, 3.05) is 7.11 Å². The van der Waals surface area contributed by atoms with Crippen LogP contribution >= 0.6 is 15.9 Å². The SMILES string of the molecule is COc1cc(CC(Br)c2ccco2)ncn1. The van der Waals surface area contributed by atoms with Gasteiger partial charge < -0.3 is 9.15 Å². The molecule has 0 saturated carbocycles. The highest BCUT2D eigenvalue weighted by Crippen LogP contribution is 2.27. The van der Waals surface area contributed by atoms with Gasteiger partial charge >= 0.3 is 0 Å². The predicted molar refractivity (Wildman–Crippen MR) is 62.7 cm³/mol. The van der Waals surface area contributed by atoms with E-state index < -0.39 is 0 Å². The number of alkyl halides is 1. The fourth-order valence-electron chi connectivity index (χ4n) is 1.35. The van der Waals surface area contributed by atoms with E-state index in [0.717, 1.165) is 17.9 Å². The normalized spacial score (nSPS) is 12.4. The lowest BCUT2D eigenvalue weighted by Gasteiger charge is -2.06. The third-order valence-corrected chi connectivity index (χ3v) is 2.92. The van der Waals surface area contributed by atoms with Gasteiger partial charge in [-0.15, -0.1) is 0 Å². The highest BCUT2D eigenvalue weighted by Gasteiger charge is 2.12. The Bertz CT molecular complexity index is 445. The molecule has 2 rings (SSSR count). The van der Waals surface area contributed by atoms with Crippen LogP contribution in [0.1, 0.15) is 16.3 Å². The summed E-state index contributed by atoms with van der Waals surface area (Å²) in [5, 5.41) is 0. The molecule has 0 aliphatic heterocycles. The maximum atomic E-state index is 5.30. The largest absolute Gasteiger partial charge is 0.481 e. The molecule has 1 unspecified atom stereocenters. The van der Waals surface area contributed by atoms with E-state index in [2.05, 4.69) is 25.9 Å². The monoisotopic (exact) mass is 282 g/mol. The Labute approximate surface area is 102 Å². The number of aromatic nitrogens is 2. The molecule has 84 valence electrons. The van der Waals surface area contributed by atoms with Gasteiger partial charge in [0.15, 0.2) is 0 Å². The van der Waals surface area contributed by atoms with Gasteiger partial charge in [0.1, 0.15) is 12.1 Å². The Hall–Kier alpha value is -1.36. The summed E-state index contributed by atoms with van der Waals surface area (Å²) < 4.78 is 10.3. The van der Waals surface area contributed by atoms with Gasteiger partial charge in [-0.3, -0.25) is 0 Å². The number of hydrogen-bond acceptors (Lipinski definition) is 4. The van der Waals surface area contributed by atoms with Crippen molar-refractivity contribution in [2.45, 2.75) is 11.2 Å². The average Bonchev–Trinajstić information content (AvgIpc) is 2.83. The molecule has 1 atom stereocenters. The van der Waals surface area contributed by atoms with Gasteiger partial charge in [-0.05, 0) is 12.1 Å². The predicted octanol–water partition coefficient (Wildman–Crippen LogP) is 2.76. The number of halogens is 1. The van der Waals surface area contributed by atoms with Crippen LogP contribution in [0.3, 0.4) is 0 Å². The molecule has 0 aliphatic rings. The van der Waals surface area contributed by atoms with Gasteiger partial charge in [0.25, 0.3) is 0 Å². The minimum atomic E-state index is 0.113. The molecular weight excluding hydrogens is 272 g/mol. The minimum Gasteiger partial charge on any atom is -0.481 e. The molecule has 5 heteroatoms. The zero-order valence-electron chi connectivity index (χ0n) is 8.76. The lowest BCUT2D eigenvalue weighted by Crippen LogP contribution is -1.98. The molecule has 0 aromatic carbocycles. The van der Waals surface area contributed by atoms with Crippen LogP contribution in [0, 0.1) is 0 Å². The summed E-state index contributed by atoms with van der Waals surface area (Å²) in [5.74, 6) is 1.46. The van der Waals surface area contributed by atoms with Crippen LogP contribution in [-0.4, -0.2) is 17.1 Å². The number of nitrogens with zero attached hydrogens (tertiary/aromatic N) is 2. The van der Waals surface area contributed by atoms with E-state index in [1.165, 1.54) is 6.33 Å². The van der Waals surface area contributed by atoms with Crippen LogP contribution < -0.4 is 4.74 Å². The minimum absolute atomic E-state index is 0.113. The molecule has 0 aliphatic carbocycles. The lowest BCUT2D eigenvalue weighted by atomic mass is 10.2. The summed E-state index contributed by atoms with van der Waals surface area (Å²) in [6.45, 7) is 0. The van der Waals surface area contributed by atoms with Gasteiger partial charge in [-0.1, -0.05) is 15.9 Å². The highest BCUT2D eigenvalue weighted by atomic mass is 79.9. The fourth-order valence-corrected chi connectivity index (χ4v) is 1.95. The number of rotatable bonds is 4. The van der Waals surface area contributed by atoms with Crippen LogP contribution in [0.5, 0.6) is 5.88 Å². The summed E-state index contributed by atoms with van der Waals surface area (Å²) in [7, 11) is 1.59. The molecule has 0 amide bonds. The second-order valence-electron chi connectivity index (χ2n) is 3.24. The lowest BCUT2D eigenvalue weighted by molar-refractivity contribution is 0.395. The Balaban J connectivity index is 2.08. The summed E-state index contributed by atoms with van der Waals surface area (Å²) in [5.41, 5.74) is 0.908. The van der Waals surface area contributed by atoms with Crippen molar-refractivity contribution in [2.24, 2.45) is 0 Å². The van der Waals surface area contributed by atoms with Gasteiger partial charge in [0.05, 0.1) is 18.2 Å². The second kappa shape index (κ2) is 5.12. The van der Waals surface area contributed by atoms with Crippen molar-refractivity contribution in [3.63, 3.8) is 0 Å². The summed E-state index contributed by atoms with van der Waals surface area (Å²) in [6, 6.07) is 5.61. The first-order valence-corrected chi connectivity index (χ1v) is 5.73. The van der Waals surface area contributed by atoms with Crippen LogP contribution in [0.25, 0.3) is 0 Å². The summed E-state index contributed by atoms with van der Waals surface area (Å²) in [6.07, 6.45) is 3.88. The van der Waals surface area contributed by atoms with E-state index in [-0.39, 0.29) is 4.83 Å². The van der Waals surface area contributed by atoms with Crippen molar-refractivity contribution in [3.05, 3.63) is 42.2 Å². The zero-order chi connectivity index (χ0) is 11.4. The van der Waals surface area contributed by atoms with Gasteiger partial charge in [-0.2, -0.15) is 0 Å². The van der Waals surface area contributed by atoms with Crippen LogP contribution in [0.2, 0.25) is 0 Å². The van der Waals surface area contributed by atoms with E-state index in [1.807, 2.05) is 18.2 Å². The molecule has 0 fully saturated rings. The van der Waals surface area contributed by atoms with Gasteiger partial charge in [0, 0.05) is 18.2 Å². The van der Waals surface area contributed by atoms with E-state index in [1.54, 1.807) is 13.4 Å². The fraction of sp³-hybridized carbons (Fsp3) is 0.273. The summed E-state index contributed by atoms with van der Waals surface area (Å²) in [4.78, 5) is 8.24. The van der Waals surface area contributed by atoms with Crippen LogP contribution in [-0.2, 0) is 6.42 Å². The molecule has 0 spiro atoms. The van der Waals surface area contributed by atoms with Gasteiger partial charge in [0.2, 0.25) is 5.88 Å². The summed E-state index contributed by atoms with van der Waals surface area (Å²) >= 11 is 3.55. The molecule has 16 heavy (non-hydrogen) atoms. The van der Waals surface area contributed by atoms with Crippen molar-refractivity contribution in [1.82, 2.24) is 9.97 Å². The smallest absolute Gasteiger partial charge is 0.216 e. The molecule has 0 saturated heterocycles. The van der Waals surface area contributed by atoms with E-state index in [9.17, 15) is 0 Å². The molecule has 2 heterocycles. The first-order valence-electron chi connectivity index (χ1n) is 4.82. The average molecular weight is 283 g/mol. The molecule has 0 radical (unpaired) electrons. The first-order chi connectivity index (χ1) is 7.79. The molecule has 4 nitrogen and oxygen atoms in total. The van der Waals surface area contributed by atoms with Crippen molar-refractivity contribution in [3.8, 4) is 5.88 Å². The maximum Gasteiger partial charge on any atom is 0.216 e. The number of ether oxygens (including phenoxy) is 1. The second-order valence-corrected chi connectivity index (χ2v) is 4.34. The molecular formula is C11H11BrN2O2. The van der Waals surface area contributed by atoms with Crippen molar-refractivity contribution >= 4 is 15.9 Å². The third kappa shape index (κ3) is 2.61. The van der Waals surface area contributed by atoms with Crippen LogP contribution in [0.4, 0.5) is 0 Å². The Morgan fingerprint density at radius 3 is 3.06 bits per heavy atom. The number of hydrogen-bond donors (Lipinski definition) is 0. The van der Waals surface area contributed by atoms with E-state index >= 15 is 0 Å². The number of furan rings is 1. The van der Waals surface area contributed by atoms with E-state index in [0.29, 0.717) is 5.88 Å². The maximum absolute atomic E-state index is 5.30. The topological polar surface area (TPSA) is 48.2 Å². The standard InChI is InChI=1S/C11H11BrN2O2/c1-15-11-6-8(13-7-14-11)5-9(12)10-3-2-4-16-10/h2-4,6-7,9H,5H2,1H3. The molecule has 0 bridgehead atoms. The first kappa shape index (κ1) is 11.1. The Morgan fingerprint density at radius 2 is 2.38 bits per heavy atom.